The lowest BCUT2D eigenvalue weighted by Crippen LogP contribution is -1.99. The molecule has 1 aromatic carbocycles. The Morgan fingerprint density at radius 3 is 2.40 bits per heavy atom. The SMILES string of the molecule is CC(c1ccccc1)c1cccc(F)n1. The predicted molar refractivity (Wildman–Crippen MR) is 58.2 cm³/mol. The van der Waals surface area contributed by atoms with Crippen LogP contribution in [-0.2, 0) is 0 Å². The standard InChI is InChI=1S/C13H12FN/c1-10(11-6-3-2-4-7-11)12-8-5-9-13(14)15-12/h2-10H,1H3. The number of nitrogens with zero attached hydrogens (tertiary/aromatic N) is 1. The fraction of sp³-hybridized carbons (Fsp3) is 0.154. The third-order valence-electron chi connectivity index (χ3n) is 2.48. The van der Waals surface area contributed by atoms with E-state index in [0.717, 1.165) is 11.3 Å². The molecule has 76 valence electrons. The van der Waals surface area contributed by atoms with E-state index in [4.69, 9.17) is 0 Å². The summed E-state index contributed by atoms with van der Waals surface area (Å²) >= 11 is 0. The predicted octanol–water partition coefficient (Wildman–Crippen LogP) is 3.37. The quantitative estimate of drug-likeness (QED) is 0.679. The van der Waals surface area contributed by atoms with Crippen molar-refractivity contribution in [2.45, 2.75) is 12.8 Å². The summed E-state index contributed by atoms with van der Waals surface area (Å²) in [5, 5.41) is 0. The lowest BCUT2D eigenvalue weighted by Gasteiger charge is -2.10. The van der Waals surface area contributed by atoms with Gasteiger partial charge in [-0.2, -0.15) is 4.39 Å². The zero-order chi connectivity index (χ0) is 10.7. The Balaban J connectivity index is 2.32. The molecule has 0 aliphatic carbocycles. The van der Waals surface area contributed by atoms with E-state index >= 15 is 0 Å². The lowest BCUT2D eigenvalue weighted by atomic mass is 9.97. The van der Waals surface area contributed by atoms with Gasteiger partial charge < -0.3 is 0 Å². The molecule has 2 heteroatoms. The Morgan fingerprint density at radius 1 is 1.00 bits per heavy atom. The van der Waals surface area contributed by atoms with E-state index in [0.29, 0.717) is 0 Å². The minimum absolute atomic E-state index is 0.127. The molecule has 1 nitrogen and oxygen atoms in total. The maximum atomic E-state index is 12.9. The van der Waals surface area contributed by atoms with Gasteiger partial charge in [0.1, 0.15) is 0 Å². The lowest BCUT2D eigenvalue weighted by molar-refractivity contribution is 0.574. The van der Waals surface area contributed by atoms with Crippen molar-refractivity contribution < 1.29 is 4.39 Å². The van der Waals surface area contributed by atoms with E-state index < -0.39 is 5.95 Å². The van der Waals surface area contributed by atoms with E-state index in [1.807, 2.05) is 43.3 Å². The Morgan fingerprint density at radius 2 is 1.73 bits per heavy atom. The molecule has 2 rings (SSSR count). The van der Waals surface area contributed by atoms with Gasteiger partial charge in [-0.25, -0.2) is 4.98 Å². The highest BCUT2D eigenvalue weighted by Gasteiger charge is 2.09. The molecule has 0 saturated carbocycles. The minimum atomic E-state index is -0.421. The molecular formula is C13H12FN. The second kappa shape index (κ2) is 4.22. The zero-order valence-electron chi connectivity index (χ0n) is 8.52. The van der Waals surface area contributed by atoms with Gasteiger partial charge >= 0.3 is 0 Å². The van der Waals surface area contributed by atoms with Crippen molar-refractivity contribution in [3.63, 3.8) is 0 Å². The van der Waals surface area contributed by atoms with E-state index in [9.17, 15) is 4.39 Å². The van der Waals surface area contributed by atoms with Crippen LogP contribution in [0.25, 0.3) is 0 Å². The van der Waals surface area contributed by atoms with Crippen LogP contribution in [0.2, 0.25) is 0 Å². The maximum Gasteiger partial charge on any atom is 0.213 e. The first-order valence-electron chi connectivity index (χ1n) is 4.95. The van der Waals surface area contributed by atoms with Crippen LogP contribution in [0.15, 0.2) is 48.5 Å². The molecule has 1 unspecified atom stereocenters. The molecule has 15 heavy (non-hydrogen) atoms. The summed E-state index contributed by atoms with van der Waals surface area (Å²) in [7, 11) is 0. The molecule has 2 aromatic rings. The number of halogens is 1. The van der Waals surface area contributed by atoms with Crippen LogP contribution in [0.5, 0.6) is 0 Å². The number of hydrogen-bond acceptors (Lipinski definition) is 1. The first kappa shape index (κ1) is 9.84. The van der Waals surface area contributed by atoms with Crippen molar-refractivity contribution in [1.29, 1.82) is 0 Å². The Kier molecular flexibility index (Phi) is 2.77. The van der Waals surface area contributed by atoms with Crippen molar-refractivity contribution >= 4 is 0 Å². The summed E-state index contributed by atoms with van der Waals surface area (Å²) in [6, 6.07) is 14.9. The molecule has 0 radical (unpaired) electrons. The van der Waals surface area contributed by atoms with Crippen molar-refractivity contribution in [1.82, 2.24) is 4.98 Å². The van der Waals surface area contributed by atoms with Crippen LogP contribution in [0.3, 0.4) is 0 Å². The van der Waals surface area contributed by atoms with Crippen LogP contribution in [0.4, 0.5) is 4.39 Å². The average molecular weight is 201 g/mol. The largest absolute Gasteiger partial charge is 0.224 e. The van der Waals surface area contributed by atoms with Crippen molar-refractivity contribution in [3.05, 3.63) is 65.7 Å². The fourth-order valence-corrected chi connectivity index (χ4v) is 1.58. The van der Waals surface area contributed by atoms with E-state index in [1.165, 1.54) is 6.07 Å². The van der Waals surface area contributed by atoms with E-state index in [2.05, 4.69) is 4.98 Å². The first-order chi connectivity index (χ1) is 7.27. The van der Waals surface area contributed by atoms with Gasteiger partial charge in [-0.1, -0.05) is 43.3 Å². The number of rotatable bonds is 2. The van der Waals surface area contributed by atoms with Gasteiger partial charge in [-0.05, 0) is 17.7 Å². The summed E-state index contributed by atoms with van der Waals surface area (Å²) in [6.45, 7) is 2.02. The Bertz CT molecular complexity index is 439. The molecular weight excluding hydrogens is 189 g/mol. The van der Waals surface area contributed by atoms with Gasteiger partial charge in [-0.15, -0.1) is 0 Å². The topological polar surface area (TPSA) is 12.9 Å². The number of benzene rings is 1. The molecule has 0 aliphatic rings. The number of pyridine rings is 1. The summed E-state index contributed by atoms with van der Waals surface area (Å²) in [5.41, 5.74) is 1.91. The summed E-state index contributed by atoms with van der Waals surface area (Å²) in [4.78, 5) is 3.88. The molecule has 1 atom stereocenters. The van der Waals surface area contributed by atoms with Crippen molar-refractivity contribution in [2.75, 3.05) is 0 Å². The van der Waals surface area contributed by atoms with Crippen molar-refractivity contribution in [2.24, 2.45) is 0 Å². The summed E-state index contributed by atoms with van der Waals surface area (Å²) in [5.74, 6) is -0.294. The van der Waals surface area contributed by atoms with Gasteiger partial charge in [0.15, 0.2) is 0 Å². The second-order valence-corrected chi connectivity index (χ2v) is 3.52. The van der Waals surface area contributed by atoms with Crippen LogP contribution in [0.1, 0.15) is 24.1 Å². The second-order valence-electron chi connectivity index (χ2n) is 3.52. The Labute approximate surface area is 88.6 Å². The molecule has 0 amide bonds. The monoisotopic (exact) mass is 201 g/mol. The van der Waals surface area contributed by atoms with Gasteiger partial charge in [0.05, 0.1) is 5.69 Å². The molecule has 0 spiro atoms. The molecule has 1 heterocycles. The third kappa shape index (κ3) is 2.21. The molecule has 0 aliphatic heterocycles. The van der Waals surface area contributed by atoms with Gasteiger partial charge in [-0.3, -0.25) is 0 Å². The third-order valence-corrected chi connectivity index (χ3v) is 2.48. The van der Waals surface area contributed by atoms with E-state index in [1.54, 1.807) is 6.07 Å². The highest BCUT2D eigenvalue weighted by molar-refractivity contribution is 5.27. The zero-order valence-corrected chi connectivity index (χ0v) is 8.52. The highest BCUT2D eigenvalue weighted by Crippen LogP contribution is 2.21. The normalized spacial score (nSPS) is 12.4. The summed E-state index contributed by atoms with van der Waals surface area (Å²) < 4.78 is 12.9. The molecule has 0 saturated heterocycles. The van der Waals surface area contributed by atoms with Crippen LogP contribution >= 0.6 is 0 Å². The number of hydrogen-bond donors (Lipinski definition) is 0. The van der Waals surface area contributed by atoms with Crippen LogP contribution in [-0.4, -0.2) is 4.98 Å². The van der Waals surface area contributed by atoms with Gasteiger partial charge in [0.2, 0.25) is 5.95 Å². The molecule has 0 N–H and O–H groups in total. The average Bonchev–Trinajstić information content (AvgIpc) is 2.29. The smallest absolute Gasteiger partial charge is 0.213 e. The van der Waals surface area contributed by atoms with Crippen LogP contribution < -0.4 is 0 Å². The molecule has 1 aromatic heterocycles. The Hall–Kier alpha value is -1.70. The molecule has 0 fully saturated rings. The minimum Gasteiger partial charge on any atom is -0.224 e. The summed E-state index contributed by atoms with van der Waals surface area (Å²) in [6.07, 6.45) is 0. The first-order valence-corrected chi connectivity index (χ1v) is 4.95. The fourth-order valence-electron chi connectivity index (χ4n) is 1.58. The van der Waals surface area contributed by atoms with Gasteiger partial charge in [0, 0.05) is 5.92 Å². The van der Waals surface area contributed by atoms with Crippen molar-refractivity contribution in [3.8, 4) is 0 Å². The van der Waals surface area contributed by atoms with Gasteiger partial charge in [0.25, 0.3) is 0 Å². The van der Waals surface area contributed by atoms with Crippen LogP contribution in [0, 0.1) is 5.95 Å². The number of aromatic nitrogens is 1. The highest BCUT2D eigenvalue weighted by atomic mass is 19.1. The maximum absolute atomic E-state index is 12.9. The molecule has 0 bridgehead atoms. The van der Waals surface area contributed by atoms with E-state index in [-0.39, 0.29) is 5.92 Å².